The van der Waals surface area contributed by atoms with E-state index in [1.165, 1.54) is 18.2 Å². The number of aromatic nitrogens is 1. The van der Waals surface area contributed by atoms with Crippen molar-refractivity contribution in [1.29, 1.82) is 0 Å². The average molecular weight is 314 g/mol. The van der Waals surface area contributed by atoms with Gasteiger partial charge in [-0.05, 0) is 48.6 Å². The standard InChI is InChI=1S/C18H19FN2O2/c19-16-5-1-3-14(11-16)18(22)21-17(13-6-9-23-10-7-13)15-4-2-8-20-12-15/h1-5,8,11-13,17H,6-7,9-10H2,(H,21,22). The Morgan fingerprint density at radius 3 is 2.78 bits per heavy atom. The number of pyridine rings is 1. The first kappa shape index (κ1) is 15.6. The Kier molecular flexibility index (Phi) is 4.98. The molecule has 1 atom stereocenters. The second kappa shape index (κ2) is 7.33. The van der Waals surface area contributed by atoms with Crippen LogP contribution in [0, 0.1) is 11.7 Å². The predicted octanol–water partition coefficient (Wildman–Crippen LogP) is 3.12. The molecule has 1 aliphatic rings. The van der Waals surface area contributed by atoms with Crippen molar-refractivity contribution < 1.29 is 13.9 Å². The third kappa shape index (κ3) is 3.93. The van der Waals surface area contributed by atoms with Crippen LogP contribution in [0.1, 0.15) is 34.8 Å². The molecule has 1 unspecified atom stereocenters. The summed E-state index contributed by atoms with van der Waals surface area (Å²) in [5.74, 6) is -0.406. The van der Waals surface area contributed by atoms with Crippen LogP contribution in [0.3, 0.4) is 0 Å². The second-order valence-electron chi connectivity index (χ2n) is 5.70. The molecule has 0 saturated carbocycles. The quantitative estimate of drug-likeness (QED) is 0.943. The molecule has 0 bridgehead atoms. The number of ether oxygens (including phenoxy) is 1. The van der Waals surface area contributed by atoms with E-state index < -0.39 is 5.82 Å². The third-order valence-corrected chi connectivity index (χ3v) is 4.15. The summed E-state index contributed by atoms with van der Waals surface area (Å²) in [5.41, 5.74) is 1.29. The minimum Gasteiger partial charge on any atom is -0.381 e. The van der Waals surface area contributed by atoms with E-state index in [0.717, 1.165) is 18.4 Å². The molecule has 3 rings (SSSR count). The highest BCUT2D eigenvalue weighted by molar-refractivity contribution is 5.94. The van der Waals surface area contributed by atoms with Crippen molar-refractivity contribution in [2.45, 2.75) is 18.9 Å². The third-order valence-electron chi connectivity index (χ3n) is 4.15. The van der Waals surface area contributed by atoms with E-state index in [-0.39, 0.29) is 17.9 Å². The molecule has 0 aliphatic carbocycles. The summed E-state index contributed by atoms with van der Waals surface area (Å²) in [7, 11) is 0. The maximum absolute atomic E-state index is 13.3. The van der Waals surface area contributed by atoms with Gasteiger partial charge in [0.1, 0.15) is 5.82 Å². The zero-order chi connectivity index (χ0) is 16.1. The number of amides is 1. The molecule has 0 spiro atoms. The van der Waals surface area contributed by atoms with E-state index in [1.54, 1.807) is 18.5 Å². The Labute approximate surface area is 134 Å². The molecule has 23 heavy (non-hydrogen) atoms. The molecule has 5 heteroatoms. The number of hydrogen-bond acceptors (Lipinski definition) is 3. The van der Waals surface area contributed by atoms with Gasteiger partial charge in [0.2, 0.25) is 0 Å². The SMILES string of the molecule is O=C(NC(c1cccnc1)C1CCOCC1)c1cccc(F)c1. The lowest BCUT2D eigenvalue weighted by atomic mass is 9.87. The maximum atomic E-state index is 13.3. The van der Waals surface area contributed by atoms with Crippen molar-refractivity contribution in [1.82, 2.24) is 10.3 Å². The Balaban J connectivity index is 1.82. The molecule has 1 fully saturated rings. The van der Waals surface area contributed by atoms with Crippen LogP contribution in [0.4, 0.5) is 4.39 Å². The zero-order valence-electron chi connectivity index (χ0n) is 12.7. The molecule has 1 aromatic carbocycles. The van der Waals surface area contributed by atoms with Crippen LogP contribution in [0.2, 0.25) is 0 Å². The van der Waals surface area contributed by atoms with Crippen molar-refractivity contribution in [3.05, 3.63) is 65.7 Å². The fourth-order valence-corrected chi connectivity index (χ4v) is 2.94. The Bertz CT molecular complexity index is 657. The van der Waals surface area contributed by atoms with Gasteiger partial charge in [-0.2, -0.15) is 0 Å². The molecule has 1 aliphatic heterocycles. The fourth-order valence-electron chi connectivity index (χ4n) is 2.94. The molecule has 0 radical (unpaired) electrons. The van der Waals surface area contributed by atoms with Crippen LogP contribution in [-0.2, 0) is 4.74 Å². The van der Waals surface area contributed by atoms with Gasteiger partial charge in [0, 0.05) is 31.2 Å². The number of carbonyl (C=O) groups excluding carboxylic acids is 1. The molecular weight excluding hydrogens is 295 g/mol. The Hall–Kier alpha value is -2.27. The smallest absolute Gasteiger partial charge is 0.251 e. The normalized spacial score (nSPS) is 16.7. The molecule has 1 saturated heterocycles. The van der Waals surface area contributed by atoms with Crippen molar-refractivity contribution in [2.75, 3.05) is 13.2 Å². The summed E-state index contributed by atoms with van der Waals surface area (Å²) < 4.78 is 18.7. The maximum Gasteiger partial charge on any atom is 0.251 e. The van der Waals surface area contributed by atoms with Gasteiger partial charge in [0.15, 0.2) is 0 Å². The molecule has 2 heterocycles. The summed E-state index contributed by atoms with van der Waals surface area (Å²) >= 11 is 0. The average Bonchev–Trinajstić information content (AvgIpc) is 2.61. The summed E-state index contributed by atoms with van der Waals surface area (Å²) in [4.78, 5) is 16.6. The van der Waals surface area contributed by atoms with Crippen molar-refractivity contribution in [2.24, 2.45) is 5.92 Å². The van der Waals surface area contributed by atoms with Crippen molar-refractivity contribution in [3.8, 4) is 0 Å². The zero-order valence-corrected chi connectivity index (χ0v) is 12.7. The monoisotopic (exact) mass is 314 g/mol. The fraction of sp³-hybridized carbons (Fsp3) is 0.333. The van der Waals surface area contributed by atoms with Crippen LogP contribution >= 0.6 is 0 Å². The van der Waals surface area contributed by atoms with E-state index in [0.29, 0.717) is 18.8 Å². The van der Waals surface area contributed by atoms with Gasteiger partial charge in [-0.1, -0.05) is 12.1 Å². The van der Waals surface area contributed by atoms with Crippen LogP contribution in [0.25, 0.3) is 0 Å². The van der Waals surface area contributed by atoms with Gasteiger partial charge in [0.25, 0.3) is 5.91 Å². The molecular formula is C18H19FN2O2. The minimum atomic E-state index is -0.415. The van der Waals surface area contributed by atoms with Crippen molar-refractivity contribution >= 4 is 5.91 Å². The number of halogens is 1. The first-order chi connectivity index (χ1) is 11.2. The van der Waals surface area contributed by atoms with Gasteiger partial charge in [-0.25, -0.2) is 4.39 Å². The minimum absolute atomic E-state index is 0.150. The van der Waals surface area contributed by atoms with E-state index in [1.807, 2.05) is 12.1 Å². The summed E-state index contributed by atoms with van der Waals surface area (Å²) in [6.45, 7) is 1.38. The van der Waals surface area contributed by atoms with Crippen LogP contribution in [0.5, 0.6) is 0 Å². The molecule has 4 nitrogen and oxygen atoms in total. The number of nitrogens with zero attached hydrogens (tertiary/aromatic N) is 1. The molecule has 1 amide bonds. The van der Waals surface area contributed by atoms with Crippen LogP contribution < -0.4 is 5.32 Å². The van der Waals surface area contributed by atoms with E-state index in [2.05, 4.69) is 10.3 Å². The van der Waals surface area contributed by atoms with Gasteiger partial charge >= 0.3 is 0 Å². The first-order valence-corrected chi connectivity index (χ1v) is 7.78. The molecule has 2 aromatic rings. The van der Waals surface area contributed by atoms with Gasteiger partial charge in [-0.3, -0.25) is 9.78 Å². The first-order valence-electron chi connectivity index (χ1n) is 7.78. The number of rotatable bonds is 4. The highest BCUT2D eigenvalue weighted by atomic mass is 19.1. The van der Waals surface area contributed by atoms with E-state index in [9.17, 15) is 9.18 Å². The summed E-state index contributed by atoms with van der Waals surface area (Å²) in [6, 6.07) is 9.39. The van der Waals surface area contributed by atoms with Crippen LogP contribution in [0.15, 0.2) is 48.8 Å². The summed E-state index contributed by atoms with van der Waals surface area (Å²) in [5, 5.41) is 3.05. The predicted molar refractivity (Wildman–Crippen MR) is 84.4 cm³/mol. The van der Waals surface area contributed by atoms with E-state index in [4.69, 9.17) is 4.74 Å². The Morgan fingerprint density at radius 1 is 1.26 bits per heavy atom. The lowest BCUT2D eigenvalue weighted by Crippen LogP contribution is -2.36. The lowest BCUT2D eigenvalue weighted by molar-refractivity contribution is 0.0513. The second-order valence-corrected chi connectivity index (χ2v) is 5.70. The topological polar surface area (TPSA) is 51.2 Å². The van der Waals surface area contributed by atoms with Gasteiger partial charge < -0.3 is 10.1 Å². The Morgan fingerprint density at radius 2 is 2.09 bits per heavy atom. The largest absolute Gasteiger partial charge is 0.381 e. The number of benzene rings is 1. The summed E-state index contributed by atoms with van der Waals surface area (Å²) in [6.07, 6.45) is 5.23. The highest BCUT2D eigenvalue weighted by Gasteiger charge is 2.27. The molecule has 1 N–H and O–H groups in total. The molecule has 1 aromatic heterocycles. The number of nitrogens with one attached hydrogen (secondary N) is 1. The highest BCUT2D eigenvalue weighted by Crippen LogP contribution is 2.30. The number of hydrogen-bond donors (Lipinski definition) is 1. The lowest BCUT2D eigenvalue weighted by Gasteiger charge is -2.31. The van der Waals surface area contributed by atoms with Gasteiger partial charge in [-0.15, -0.1) is 0 Å². The van der Waals surface area contributed by atoms with Gasteiger partial charge in [0.05, 0.1) is 6.04 Å². The number of carbonyl (C=O) groups is 1. The molecule has 120 valence electrons. The van der Waals surface area contributed by atoms with Crippen LogP contribution in [-0.4, -0.2) is 24.1 Å². The van der Waals surface area contributed by atoms with Crippen molar-refractivity contribution in [3.63, 3.8) is 0 Å². The van der Waals surface area contributed by atoms with E-state index >= 15 is 0 Å².